The van der Waals surface area contributed by atoms with Crippen LogP contribution in [0, 0.1) is 12.4 Å². The number of hydrogen-bond donors (Lipinski definition) is 0. The minimum atomic E-state index is 0. The van der Waals surface area contributed by atoms with Gasteiger partial charge in [0.05, 0.1) is 12.4 Å². The van der Waals surface area contributed by atoms with Crippen molar-refractivity contribution in [1.82, 2.24) is 4.90 Å². The van der Waals surface area contributed by atoms with E-state index < -0.39 is 0 Å². The Morgan fingerprint density at radius 2 is 0.833 bits per heavy atom. The number of nitrogens with zero attached hydrogens (tertiary/aromatic N) is 1. The highest BCUT2D eigenvalue weighted by Crippen LogP contribution is 2.13. The van der Waals surface area contributed by atoms with Gasteiger partial charge in [-0.05, 0) is 33.9 Å². The second-order valence-electron chi connectivity index (χ2n) is 7.88. The van der Waals surface area contributed by atoms with Crippen molar-refractivity contribution < 1.29 is 12.4 Å². The summed E-state index contributed by atoms with van der Waals surface area (Å²) in [6.07, 6.45) is 23.3. The number of rotatable bonds is 18. The summed E-state index contributed by atoms with van der Waals surface area (Å²) in [5.41, 5.74) is 0. The molecule has 1 nitrogen and oxygen atoms in total. The Kier molecular flexibility index (Phi) is 23.5. The van der Waals surface area contributed by atoms with Crippen LogP contribution in [0.2, 0.25) is 0 Å². The average molecular weight is 363 g/mol. The van der Waals surface area contributed by atoms with Gasteiger partial charge in [-0.2, -0.15) is 0 Å². The predicted octanol–water partition coefficient (Wildman–Crippen LogP) is 7.05. The zero-order valence-corrected chi connectivity index (χ0v) is 18.4. The van der Waals surface area contributed by atoms with Crippen molar-refractivity contribution in [1.29, 1.82) is 0 Å². The van der Waals surface area contributed by atoms with E-state index in [9.17, 15) is 0 Å². The summed E-state index contributed by atoms with van der Waals surface area (Å²) < 4.78 is 0. The van der Waals surface area contributed by atoms with Crippen molar-refractivity contribution in [2.45, 2.75) is 130 Å². The molecule has 0 amide bonds. The molecule has 0 heterocycles. The van der Waals surface area contributed by atoms with E-state index in [1.807, 2.05) is 0 Å². The molecule has 0 radical (unpaired) electrons. The van der Waals surface area contributed by atoms with Crippen LogP contribution in [0.4, 0.5) is 0 Å². The van der Waals surface area contributed by atoms with Crippen molar-refractivity contribution in [3.05, 3.63) is 0 Å². The summed E-state index contributed by atoms with van der Waals surface area (Å²) in [6, 6.07) is 0.700. The monoisotopic (exact) mass is 362 g/mol. The zero-order valence-electron chi connectivity index (χ0n) is 17.5. The summed E-state index contributed by atoms with van der Waals surface area (Å²) in [7, 11) is 2.25. The molecule has 0 aliphatic rings. The fraction of sp³-hybridized carbons (Fsp3) is 1.00. The Morgan fingerprint density at radius 3 is 1.12 bits per heavy atom. The first-order valence-electron chi connectivity index (χ1n) is 10.9. The van der Waals surface area contributed by atoms with Gasteiger partial charge in [0.2, 0.25) is 0 Å². The minimum absolute atomic E-state index is 0. The molecule has 0 aliphatic carbocycles. The van der Waals surface area contributed by atoms with Gasteiger partial charge in [0.1, 0.15) is 0 Å². The highest BCUT2D eigenvalue weighted by molar-refractivity contribution is 4.57. The molecule has 0 bridgehead atoms. The average Bonchev–Trinajstić information content (AvgIpc) is 2.54. The summed E-state index contributed by atoms with van der Waals surface area (Å²) >= 11 is 0. The summed E-state index contributed by atoms with van der Waals surface area (Å²) in [6.45, 7) is 8.14. The lowest BCUT2D eigenvalue weighted by atomic mass is 10.0. The van der Waals surface area contributed by atoms with Crippen molar-refractivity contribution >= 4 is 0 Å². The van der Waals surface area contributed by atoms with Gasteiger partial charge in [-0.3, -0.25) is 0 Å². The van der Waals surface area contributed by atoms with E-state index >= 15 is 0 Å². The third kappa shape index (κ3) is 20.3. The largest absolute Gasteiger partial charge is 0.304 e. The van der Waals surface area contributed by atoms with Crippen LogP contribution in [0.1, 0.15) is 124 Å². The van der Waals surface area contributed by atoms with E-state index in [4.69, 9.17) is 0 Å². The van der Waals surface area contributed by atoms with Crippen LogP contribution in [0.3, 0.4) is 0 Å². The van der Waals surface area contributed by atoms with E-state index in [-0.39, 0.29) is 12.4 Å². The summed E-state index contributed by atoms with van der Waals surface area (Å²) in [5.74, 6) is 0. The Bertz CT molecular complexity index is 218. The van der Waals surface area contributed by atoms with Gasteiger partial charge >= 0.3 is 0 Å². The molecule has 0 unspecified atom stereocenters. The molecule has 0 aromatic heterocycles. The van der Waals surface area contributed by atoms with Gasteiger partial charge in [-0.25, -0.2) is 0 Å². The van der Waals surface area contributed by atoms with Gasteiger partial charge in [-0.15, -0.1) is 0 Å². The maximum atomic E-state index is 2.46. The maximum Gasteiger partial charge on any atom is 0.0903 e. The molecule has 0 aromatic carbocycles. The fourth-order valence-corrected chi connectivity index (χ4v) is 3.17. The van der Waals surface area contributed by atoms with Crippen LogP contribution >= 0.6 is 0 Å². The van der Waals surface area contributed by atoms with E-state index in [1.165, 1.54) is 109 Å². The first-order chi connectivity index (χ1) is 11.2. The smallest absolute Gasteiger partial charge is 0.0903 e. The SMILES string of the molecule is CCCCCCCCCCCCCCCCCCN(C)C(C)C.[ClH2+]. The lowest BCUT2D eigenvalue weighted by molar-refractivity contribution is -0.00000539. The second-order valence-corrected chi connectivity index (χ2v) is 7.88. The van der Waals surface area contributed by atoms with Gasteiger partial charge < -0.3 is 4.90 Å². The van der Waals surface area contributed by atoms with Crippen LogP contribution in [0.15, 0.2) is 0 Å². The Hall–Kier alpha value is 0.250. The van der Waals surface area contributed by atoms with Crippen molar-refractivity contribution in [2.75, 3.05) is 13.6 Å². The second kappa shape index (κ2) is 21.3. The molecule has 0 atom stereocenters. The summed E-state index contributed by atoms with van der Waals surface area (Å²) in [5, 5.41) is 0. The van der Waals surface area contributed by atoms with Gasteiger partial charge in [0.15, 0.2) is 0 Å². The molecule has 0 N–H and O–H groups in total. The minimum Gasteiger partial charge on any atom is -0.304 e. The third-order valence-corrected chi connectivity index (χ3v) is 5.25. The maximum absolute atomic E-state index is 2.46. The standard InChI is InChI=1S/C22H47N.ClH2/c1-5-6-7-8-9-10-11-12-13-14-15-16-17-18-19-20-21-23(4)22(2)3;/h22H,5-21H2,1-4H3;1H2/q;+1. The van der Waals surface area contributed by atoms with E-state index in [0.29, 0.717) is 6.04 Å². The van der Waals surface area contributed by atoms with Gasteiger partial charge in [0.25, 0.3) is 0 Å². The molecule has 24 heavy (non-hydrogen) atoms. The molecule has 2 heteroatoms. The van der Waals surface area contributed by atoms with Crippen LogP contribution in [0.25, 0.3) is 0 Å². The molecule has 0 saturated carbocycles. The first kappa shape index (κ1) is 26.5. The molecule has 0 saturated heterocycles. The van der Waals surface area contributed by atoms with Crippen LogP contribution in [0.5, 0.6) is 0 Å². The topological polar surface area (TPSA) is 3.24 Å². The number of unbranched alkanes of at least 4 members (excludes halogenated alkanes) is 15. The number of hydrogen-bond acceptors (Lipinski definition) is 1. The van der Waals surface area contributed by atoms with Crippen molar-refractivity contribution in [3.8, 4) is 0 Å². The van der Waals surface area contributed by atoms with Crippen LogP contribution in [-0.4, -0.2) is 24.5 Å². The lowest BCUT2D eigenvalue weighted by Crippen LogP contribution is -2.27. The Balaban J connectivity index is 0. The molecule has 0 spiro atoms. The van der Waals surface area contributed by atoms with Crippen molar-refractivity contribution in [2.24, 2.45) is 0 Å². The Morgan fingerprint density at radius 1 is 0.542 bits per heavy atom. The van der Waals surface area contributed by atoms with E-state index in [1.54, 1.807) is 0 Å². The molecule has 0 aromatic rings. The lowest BCUT2D eigenvalue weighted by Gasteiger charge is -2.20. The molecule has 0 fully saturated rings. The highest BCUT2D eigenvalue weighted by atomic mass is 35.5. The van der Waals surface area contributed by atoms with Crippen LogP contribution < -0.4 is 0 Å². The normalized spacial score (nSPS) is 11.2. The predicted molar refractivity (Wildman–Crippen MR) is 110 cm³/mol. The molecule has 0 aliphatic heterocycles. The summed E-state index contributed by atoms with van der Waals surface area (Å²) in [4.78, 5) is 2.46. The van der Waals surface area contributed by atoms with Gasteiger partial charge in [-0.1, -0.05) is 103 Å². The quantitative estimate of drug-likeness (QED) is 0.236. The molecule has 148 valence electrons. The fourth-order valence-electron chi connectivity index (χ4n) is 3.17. The van der Waals surface area contributed by atoms with E-state index in [2.05, 4.69) is 32.7 Å². The van der Waals surface area contributed by atoms with E-state index in [0.717, 1.165) is 0 Å². The van der Waals surface area contributed by atoms with Crippen LogP contribution in [-0.2, 0) is 0 Å². The molecular formula is C22H49ClN+. The Labute approximate surface area is 160 Å². The zero-order chi connectivity index (χ0) is 17.2. The third-order valence-electron chi connectivity index (χ3n) is 5.25. The van der Waals surface area contributed by atoms with Crippen molar-refractivity contribution in [3.63, 3.8) is 0 Å². The molecular weight excluding hydrogens is 314 g/mol. The van der Waals surface area contributed by atoms with Gasteiger partial charge in [0, 0.05) is 6.04 Å². The first-order valence-corrected chi connectivity index (χ1v) is 10.9. The highest BCUT2D eigenvalue weighted by Gasteiger charge is 2.01. The molecule has 0 rings (SSSR count). The number of halogens is 1.